The van der Waals surface area contributed by atoms with Gasteiger partial charge in [0.2, 0.25) is 0 Å². The molecule has 254 valence electrons. The highest BCUT2D eigenvalue weighted by atomic mass is 35.5. The first-order valence-corrected chi connectivity index (χ1v) is 17.3. The second-order valence-electron chi connectivity index (χ2n) is 12.7. The van der Waals surface area contributed by atoms with E-state index in [0.717, 1.165) is 63.8 Å². The average Bonchev–Trinajstić information content (AvgIpc) is 3.80. The third kappa shape index (κ3) is 8.41. The highest BCUT2D eigenvalue weighted by Gasteiger charge is 2.17. The van der Waals surface area contributed by atoms with Crippen molar-refractivity contribution in [3.05, 3.63) is 106 Å². The molecule has 3 heterocycles. The number of aryl methyl sites for hydroxylation is 1. The van der Waals surface area contributed by atoms with Crippen molar-refractivity contribution in [1.82, 2.24) is 25.0 Å². The minimum absolute atomic E-state index is 0.00581. The third-order valence-electron chi connectivity index (χ3n) is 9.20. The van der Waals surface area contributed by atoms with Gasteiger partial charge in [-0.05, 0) is 93.2 Å². The van der Waals surface area contributed by atoms with Crippen LogP contribution in [0.5, 0.6) is 11.5 Å². The third-order valence-corrected chi connectivity index (χ3v) is 9.49. The van der Waals surface area contributed by atoms with Crippen molar-refractivity contribution in [2.45, 2.75) is 65.5 Å². The molecule has 1 fully saturated rings. The van der Waals surface area contributed by atoms with Crippen LogP contribution in [-0.2, 0) is 26.3 Å². The molecule has 1 aliphatic heterocycles. The summed E-state index contributed by atoms with van der Waals surface area (Å²) in [6.45, 7) is 9.47. The number of aliphatic hydroxyl groups is 1. The van der Waals surface area contributed by atoms with Crippen molar-refractivity contribution in [3.63, 3.8) is 0 Å². The lowest BCUT2D eigenvalue weighted by Gasteiger charge is -2.18. The molecule has 5 aromatic rings. The Balaban J connectivity index is 1.20. The number of likely N-dealkylation sites (tertiary alicyclic amines) is 1. The lowest BCUT2D eigenvalue weighted by atomic mass is 9.94. The number of benzene rings is 3. The molecule has 0 radical (unpaired) electrons. The van der Waals surface area contributed by atoms with Crippen LogP contribution in [0.15, 0.2) is 73.2 Å². The van der Waals surface area contributed by atoms with E-state index in [1.165, 1.54) is 32.1 Å². The van der Waals surface area contributed by atoms with Gasteiger partial charge in [-0.3, -0.25) is 9.67 Å². The molecule has 49 heavy (non-hydrogen) atoms. The molecule has 1 aliphatic rings. The first kappa shape index (κ1) is 34.4. The van der Waals surface area contributed by atoms with Crippen molar-refractivity contribution < 1.29 is 14.6 Å². The van der Waals surface area contributed by atoms with Crippen molar-refractivity contribution in [3.8, 4) is 28.7 Å². The van der Waals surface area contributed by atoms with Crippen molar-refractivity contribution in [1.29, 1.82) is 5.26 Å². The molecule has 0 saturated carbocycles. The number of aromatic nitrogens is 3. The number of rotatable bonds is 15. The van der Waals surface area contributed by atoms with Crippen LogP contribution in [0, 0.1) is 18.3 Å². The molecular weight excluding hydrogens is 636 g/mol. The average molecular weight is 679 g/mol. The van der Waals surface area contributed by atoms with E-state index in [4.69, 9.17) is 26.2 Å². The highest BCUT2D eigenvalue weighted by Crippen LogP contribution is 2.36. The Labute approximate surface area is 293 Å². The first-order chi connectivity index (χ1) is 23.9. The van der Waals surface area contributed by atoms with Crippen LogP contribution in [0.25, 0.3) is 22.0 Å². The topological polar surface area (TPSA) is 108 Å². The highest BCUT2D eigenvalue weighted by molar-refractivity contribution is 6.32. The Morgan fingerprint density at radius 1 is 0.959 bits per heavy atom. The van der Waals surface area contributed by atoms with E-state index in [2.05, 4.69) is 69.3 Å². The van der Waals surface area contributed by atoms with Gasteiger partial charge in [0.25, 0.3) is 0 Å². The van der Waals surface area contributed by atoms with Crippen LogP contribution < -0.4 is 14.8 Å². The Morgan fingerprint density at radius 2 is 1.76 bits per heavy atom. The van der Waals surface area contributed by atoms with E-state index < -0.39 is 0 Å². The van der Waals surface area contributed by atoms with Gasteiger partial charge in [-0.25, -0.2) is 0 Å². The fourth-order valence-corrected chi connectivity index (χ4v) is 6.59. The minimum atomic E-state index is -0.103. The molecule has 1 atom stereocenters. The lowest BCUT2D eigenvalue weighted by molar-refractivity contribution is 0.249. The van der Waals surface area contributed by atoms with E-state index in [0.29, 0.717) is 35.2 Å². The number of halogens is 1. The van der Waals surface area contributed by atoms with Gasteiger partial charge in [-0.15, -0.1) is 0 Å². The van der Waals surface area contributed by atoms with E-state index in [1.54, 1.807) is 12.3 Å². The predicted octanol–water partition coefficient (Wildman–Crippen LogP) is 7.05. The zero-order chi connectivity index (χ0) is 34.2. The van der Waals surface area contributed by atoms with E-state index in [9.17, 15) is 10.4 Å². The number of nitrogens with zero attached hydrogens (tertiary/aromatic N) is 5. The van der Waals surface area contributed by atoms with Crippen LogP contribution in [0.1, 0.15) is 54.0 Å². The molecule has 0 bridgehead atoms. The summed E-state index contributed by atoms with van der Waals surface area (Å²) in [6, 6.07) is 20.1. The number of ether oxygens (including phenoxy) is 2. The zero-order valence-corrected chi connectivity index (χ0v) is 28.9. The van der Waals surface area contributed by atoms with Gasteiger partial charge in [-0.1, -0.05) is 41.9 Å². The van der Waals surface area contributed by atoms with Crippen molar-refractivity contribution in [2.75, 3.05) is 26.2 Å². The van der Waals surface area contributed by atoms with Crippen LogP contribution in [0.2, 0.25) is 5.02 Å². The fourth-order valence-electron chi connectivity index (χ4n) is 6.35. The number of hydrogen-bond acceptors (Lipinski definition) is 8. The molecule has 1 saturated heterocycles. The second-order valence-corrected chi connectivity index (χ2v) is 13.1. The summed E-state index contributed by atoms with van der Waals surface area (Å²) in [5, 5.41) is 28.5. The number of pyridine rings is 1. The quantitative estimate of drug-likeness (QED) is 0.121. The summed E-state index contributed by atoms with van der Waals surface area (Å²) >= 11 is 6.77. The number of hydrogen-bond donors (Lipinski definition) is 2. The summed E-state index contributed by atoms with van der Waals surface area (Å²) in [7, 11) is 0. The smallest absolute Gasteiger partial charge is 0.142 e. The first-order valence-electron chi connectivity index (χ1n) is 17.0. The SMILES string of the molecule is Cc1c(COc2cc(OCc3cncc(C#N)c3)c(CNC(C)CO)cc2Cl)cccc1-c1cccc2c1cnn2CCCN1CCCC1. The largest absolute Gasteiger partial charge is 0.488 e. The van der Waals surface area contributed by atoms with Gasteiger partial charge in [0, 0.05) is 54.1 Å². The molecule has 6 rings (SSSR count). The van der Waals surface area contributed by atoms with Gasteiger partial charge in [-0.2, -0.15) is 10.4 Å². The maximum atomic E-state index is 9.51. The monoisotopic (exact) mass is 678 g/mol. The number of nitriles is 1. The number of fused-ring (bicyclic) bond motifs is 1. The Morgan fingerprint density at radius 3 is 2.57 bits per heavy atom. The number of aliphatic hydroxyl groups excluding tert-OH is 1. The maximum absolute atomic E-state index is 9.51. The molecule has 0 aliphatic carbocycles. The van der Waals surface area contributed by atoms with Crippen LogP contribution in [-0.4, -0.2) is 57.1 Å². The normalized spacial score (nSPS) is 13.9. The summed E-state index contributed by atoms with van der Waals surface area (Å²) in [5.74, 6) is 1.09. The summed E-state index contributed by atoms with van der Waals surface area (Å²) in [5.41, 5.74) is 7.69. The van der Waals surface area contributed by atoms with Crippen molar-refractivity contribution >= 4 is 22.5 Å². The van der Waals surface area contributed by atoms with Gasteiger partial charge in [0.1, 0.15) is 30.8 Å². The molecule has 0 amide bonds. The second kappa shape index (κ2) is 16.3. The van der Waals surface area contributed by atoms with Gasteiger partial charge < -0.3 is 24.8 Å². The molecule has 2 aromatic heterocycles. The molecule has 2 N–H and O–H groups in total. The fraction of sp³-hybridized carbons (Fsp3) is 0.359. The van der Waals surface area contributed by atoms with Gasteiger partial charge >= 0.3 is 0 Å². The van der Waals surface area contributed by atoms with Crippen LogP contribution >= 0.6 is 11.6 Å². The molecule has 10 heteroatoms. The Kier molecular flexibility index (Phi) is 11.4. The van der Waals surface area contributed by atoms with E-state index in [1.807, 2.05) is 25.3 Å². The Bertz CT molecular complexity index is 1930. The van der Waals surface area contributed by atoms with Gasteiger partial charge in [0.05, 0.1) is 28.9 Å². The summed E-state index contributed by atoms with van der Waals surface area (Å²) in [4.78, 5) is 6.69. The molecule has 9 nitrogen and oxygen atoms in total. The van der Waals surface area contributed by atoms with E-state index >= 15 is 0 Å². The van der Waals surface area contributed by atoms with Crippen LogP contribution in [0.4, 0.5) is 0 Å². The standard InChI is InChI=1S/C39H43ClN6O3/c1-27(24-47)43-22-32-17-36(40)39(18-38(32)48-25-30-16-29(19-41)20-42-21-30)49-26-31-8-5-9-33(28(31)2)34-10-6-11-37-35(34)23-44-46(37)15-7-14-45-12-3-4-13-45/h5-6,8-11,16-18,20-21,23,27,43,47H,3-4,7,12-15,22,24-26H2,1-2H3. The lowest BCUT2D eigenvalue weighted by Crippen LogP contribution is -2.28. The Hall–Kier alpha value is -4.46. The summed E-state index contributed by atoms with van der Waals surface area (Å²) < 4.78 is 14.7. The summed E-state index contributed by atoms with van der Waals surface area (Å²) in [6.07, 6.45) is 8.91. The molecule has 3 aromatic carbocycles. The molecule has 0 spiro atoms. The van der Waals surface area contributed by atoms with Crippen LogP contribution in [0.3, 0.4) is 0 Å². The number of nitrogens with one attached hydrogen (secondary N) is 1. The molecule has 1 unspecified atom stereocenters. The van der Waals surface area contributed by atoms with Crippen molar-refractivity contribution in [2.24, 2.45) is 0 Å². The zero-order valence-electron chi connectivity index (χ0n) is 28.2. The maximum Gasteiger partial charge on any atom is 0.142 e. The molecular formula is C39H43ClN6O3. The minimum Gasteiger partial charge on any atom is -0.488 e. The van der Waals surface area contributed by atoms with E-state index in [-0.39, 0.29) is 19.3 Å². The van der Waals surface area contributed by atoms with Gasteiger partial charge in [0.15, 0.2) is 0 Å². The predicted molar refractivity (Wildman–Crippen MR) is 193 cm³/mol.